The fourth-order valence-electron chi connectivity index (χ4n) is 4.64. The number of hydrogen-bond donors (Lipinski definition) is 1. The number of carbonyl (C=O) groups excluding carboxylic acids is 1. The van der Waals surface area contributed by atoms with Crippen LogP contribution >= 0.6 is 0 Å². The largest absolute Gasteiger partial charge is 0.461 e. The lowest BCUT2D eigenvalue weighted by Crippen LogP contribution is -2.48. The molecule has 0 bridgehead atoms. The smallest absolute Gasteiger partial charge is 0.316 e. The monoisotopic (exact) mass is 329 g/mol. The Morgan fingerprint density at radius 2 is 1.83 bits per heavy atom. The van der Waals surface area contributed by atoms with Crippen LogP contribution in [0, 0.1) is 11.8 Å². The van der Waals surface area contributed by atoms with Gasteiger partial charge in [-0.3, -0.25) is 4.79 Å². The van der Waals surface area contributed by atoms with Gasteiger partial charge in [0, 0.05) is 0 Å². The quantitative estimate of drug-likeness (QED) is 0.651. The summed E-state index contributed by atoms with van der Waals surface area (Å²) in [6, 6.07) is 10.3. The van der Waals surface area contributed by atoms with E-state index in [1.807, 2.05) is 18.2 Å². The summed E-state index contributed by atoms with van der Waals surface area (Å²) in [7, 11) is 0. The van der Waals surface area contributed by atoms with Crippen molar-refractivity contribution in [3.05, 3.63) is 35.9 Å². The minimum Gasteiger partial charge on any atom is -0.461 e. The van der Waals surface area contributed by atoms with Crippen molar-refractivity contribution < 1.29 is 9.53 Å². The lowest BCUT2D eigenvalue weighted by molar-refractivity contribution is -0.171. The maximum Gasteiger partial charge on any atom is 0.316 e. The van der Waals surface area contributed by atoms with Crippen molar-refractivity contribution in [1.29, 1.82) is 0 Å². The van der Waals surface area contributed by atoms with E-state index >= 15 is 0 Å². The van der Waals surface area contributed by atoms with Gasteiger partial charge in [-0.05, 0) is 49.6 Å². The SMILES string of the molecule is CC1C[C@@H](OC(=O)C2(c3ccccc3)CCCCCC2)C1CCN. The van der Waals surface area contributed by atoms with Crippen LogP contribution in [0.5, 0.6) is 0 Å². The highest BCUT2D eigenvalue weighted by Crippen LogP contribution is 2.43. The second kappa shape index (κ2) is 7.69. The molecule has 2 N–H and O–H groups in total. The number of carbonyl (C=O) groups is 1. The molecule has 2 unspecified atom stereocenters. The zero-order valence-corrected chi connectivity index (χ0v) is 14.9. The highest BCUT2D eigenvalue weighted by molar-refractivity contribution is 5.83. The van der Waals surface area contributed by atoms with Crippen molar-refractivity contribution in [3.8, 4) is 0 Å². The number of hydrogen-bond acceptors (Lipinski definition) is 3. The molecule has 24 heavy (non-hydrogen) atoms. The van der Waals surface area contributed by atoms with E-state index in [0.717, 1.165) is 44.1 Å². The van der Waals surface area contributed by atoms with E-state index in [1.54, 1.807) is 0 Å². The number of nitrogens with two attached hydrogens (primary N) is 1. The zero-order chi connectivity index (χ0) is 17.0. The molecule has 0 spiro atoms. The highest BCUT2D eigenvalue weighted by atomic mass is 16.5. The molecule has 0 aliphatic heterocycles. The van der Waals surface area contributed by atoms with Crippen molar-refractivity contribution in [2.45, 2.75) is 69.8 Å². The second-order valence-corrected chi connectivity index (χ2v) is 7.76. The van der Waals surface area contributed by atoms with Gasteiger partial charge >= 0.3 is 5.97 Å². The van der Waals surface area contributed by atoms with Crippen LogP contribution in [0.4, 0.5) is 0 Å². The van der Waals surface area contributed by atoms with Gasteiger partial charge in [-0.15, -0.1) is 0 Å². The number of benzene rings is 1. The molecular formula is C21H31NO2. The maximum atomic E-state index is 13.3. The first-order chi connectivity index (χ1) is 11.7. The summed E-state index contributed by atoms with van der Waals surface area (Å²) in [4.78, 5) is 13.3. The molecule has 1 aromatic carbocycles. The van der Waals surface area contributed by atoms with Crippen LogP contribution in [0.25, 0.3) is 0 Å². The Morgan fingerprint density at radius 1 is 1.17 bits per heavy atom. The molecule has 2 aliphatic rings. The van der Waals surface area contributed by atoms with Gasteiger partial charge in [-0.2, -0.15) is 0 Å². The van der Waals surface area contributed by atoms with Gasteiger partial charge in [0.15, 0.2) is 0 Å². The molecule has 3 atom stereocenters. The van der Waals surface area contributed by atoms with Crippen LogP contribution in [0.2, 0.25) is 0 Å². The van der Waals surface area contributed by atoms with E-state index in [-0.39, 0.29) is 12.1 Å². The molecule has 0 saturated heterocycles. The molecular weight excluding hydrogens is 298 g/mol. The average Bonchev–Trinajstić information content (AvgIpc) is 2.87. The third-order valence-electron chi connectivity index (χ3n) is 6.25. The molecule has 132 valence electrons. The maximum absolute atomic E-state index is 13.3. The van der Waals surface area contributed by atoms with Crippen molar-refractivity contribution in [2.24, 2.45) is 17.6 Å². The summed E-state index contributed by atoms with van der Waals surface area (Å²) >= 11 is 0. The Labute approximate surface area is 146 Å². The molecule has 0 heterocycles. The van der Waals surface area contributed by atoms with Crippen molar-refractivity contribution >= 4 is 5.97 Å². The fourth-order valence-corrected chi connectivity index (χ4v) is 4.64. The molecule has 1 aromatic rings. The molecule has 0 amide bonds. The highest BCUT2D eigenvalue weighted by Gasteiger charge is 2.46. The van der Waals surface area contributed by atoms with Crippen LogP contribution in [0.15, 0.2) is 30.3 Å². The Morgan fingerprint density at radius 3 is 2.42 bits per heavy atom. The van der Waals surface area contributed by atoms with E-state index < -0.39 is 5.41 Å². The summed E-state index contributed by atoms with van der Waals surface area (Å²) in [5.41, 5.74) is 6.43. The summed E-state index contributed by atoms with van der Waals surface area (Å²) < 4.78 is 6.08. The van der Waals surface area contributed by atoms with E-state index in [1.165, 1.54) is 12.8 Å². The van der Waals surface area contributed by atoms with Gasteiger partial charge in [-0.25, -0.2) is 0 Å². The summed E-state index contributed by atoms with van der Waals surface area (Å²) in [5, 5.41) is 0. The van der Waals surface area contributed by atoms with Gasteiger partial charge in [0.25, 0.3) is 0 Å². The van der Waals surface area contributed by atoms with E-state index in [9.17, 15) is 4.79 Å². The van der Waals surface area contributed by atoms with Crippen molar-refractivity contribution in [1.82, 2.24) is 0 Å². The zero-order valence-electron chi connectivity index (χ0n) is 14.9. The molecule has 2 fully saturated rings. The molecule has 2 aliphatic carbocycles. The summed E-state index contributed by atoms with van der Waals surface area (Å²) in [5.74, 6) is 1.07. The van der Waals surface area contributed by atoms with Gasteiger partial charge in [-0.1, -0.05) is 62.9 Å². The molecule has 3 heteroatoms. The van der Waals surface area contributed by atoms with Crippen LogP contribution in [-0.2, 0) is 14.9 Å². The third kappa shape index (κ3) is 3.37. The Balaban J connectivity index is 1.79. The lowest BCUT2D eigenvalue weighted by atomic mass is 9.69. The standard InChI is InChI=1S/C21H31NO2/c1-16-15-19(18(16)11-14-22)24-20(23)21(12-7-2-3-8-13-21)17-9-5-4-6-10-17/h4-6,9-10,16,18-19H,2-3,7-8,11-15,22H2,1H3/t16?,18?,19-/m1/s1. The van der Waals surface area contributed by atoms with E-state index in [4.69, 9.17) is 10.5 Å². The molecule has 3 rings (SSSR count). The van der Waals surface area contributed by atoms with Crippen molar-refractivity contribution in [2.75, 3.05) is 6.54 Å². The van der Waals surface area contributed by atoms with Gasteiger partial charge in [0.2, 0.25) is 0 Å². The fraction of sp³-hybridized carbons (Fsp3) is 0.667. The number of esters is 1. The Bertz CT molecular complexity index is 534. The third-order valence-corrected chi connectivity index (χ3v) is 6.25. The minimum atomic E-state index is -0.441. The first-order valence-electron chi connectivity index (χ1n) is 9.64. The lowest BCUT2D eigenvalue weighted by Gasteiger charge is -2.44. The predicted octanol–water partition coefficient (Wildman–Crippen LogP) is 4.20. The topological polar surface area (TPSA) is 52.3 Å². The molecule has 0 radical (unpaired) electrons. The molecule has 0 aromatic heterocycles. The molecule has 3 nitrogen and oxygen atoms in total. The first-order valence-corrected chi connectivity index (χ1v) is 9.64. The van der Waals surface area contributed by atoms with Gasteiger partial charge in [0.05, 0.1) is 5.41 Å². The van der Waals surface area contributed by atoms with Crippen LogP contribution in [0.3, 0.4) is 0 Å². The first kappa shape index (κ1) is 17.5. The van der Waals surface area contributed by atoms with Crippen molar-refractivity contribution in [3.63, 3.8) is 0 Å². The second-order valence-electron chi connectivity index (χ2n) is 7.76. The van der Waals surface area contributed by atoms with Gasteiger partial charge < -0.3 is 10.5 Å². The summed E-state index contributed by atoms with van der Waals surface area (Å²) in [6.07, 6.45) is 8.50. The van der Waals surface area contributed by atoms with Gasteiger partial charge in [0.1, 0.15) is 6.10 Å². The predicted molar refractivity (Wildman–Crippen MR) is 96.6 cm³/mol. The Hall–Kier alpha value is -1.35. The van der Waals surface area contributed by atoms with Crippen LogP contribution < -0.4 is 5.73 Å². The molecule has 2 saturated carbocycles. The van der Waals surface area contributed by atoms with E-state index in [2.05, 4.69) is 19.1 Å². The van der Waals surface area contributed by atoms with Crippen LogP contribution in [-0.4, -0.2) is 18.6 Å². The summed E-state index contributed by atoms with van der Waals surface area (Å²) in [6.45, 7) is 2.91. The Kier molecular flexibility index (Phi) is 5.60. The van der Waals surface area contributed by atoms with E-state index in [0.29, 0.717) is 18.4 Å². The van der Waals surface area contributed by atoms with Crippen LogP contribution in [0.1, 0.15) is 63.9 Å². The minimum absolute atomic E-state index is 0.00882. The number of ether oxygens (including phenoxy) is 1. The average molecular weight is 329 g/mol. The normalized spacial score (nSPS) is 29.3. The number of rotatable bonds is 5.